The third kappa shape index (κ3) is 3.42. The van der Waals surface area contributed by atoms with Crippen LogP contribution in [0.4, 0.5) is 0 Å². The van der Waals surface area contributed by atoms with Crippen molar-refractivity contribution in [3.8, 4) is 11.5 Å². The second kappa shape index (κ2) is 6.26. The van der Waals surface area contributed by atoms with Crippen LogP contribution in [0.1, 0.15) is 31.5 Å². The van der Waals surface area contributed by atoms with Crippen molar-refractivity contribution < 1.29 is 0 Å². The SMILES string of the molecule is CC(C)NCC1CCc2nc(-c3ccncn3)ncc2C1. The summed E-state index contributed by atoms with van der Waals surface area (Å²) in [5.41, 5.74) is 3.26. The molecule has 1 aliphatic rings. The highest BCUT2D eigenvalue weighted by Gasteiger charge is 2.21. The van der Waals surface area contributed by atoms with E-state index in [1.54, 1.807) is 6.20 Å². The van der Waals surface area contributed by atoms with Gasteiger partial charge in [-0.05, 0) is 43.4 Å². The molecule has 3 rings (SSSR count). The number of rotatable bonds is 4. The molecule has 0 spiro atoms. The van der Waals surface area contributed by atoms with Crippen molar-refractivity contribution in [2.45, 2.75) is 39.2 Å². The lowest BCUT2D eigenvalue weighted by Crippen LogP contribution is -2.32. The molecular weight excluding hydrogens is 262 g/mol. The van der Waals surface area contributed by atoms with Crippen LogP contribution >= 0.6 is 0 Å². The quantitative estimate of drug-likeness (QED) is 0.930. The normalized spacial score (nSPS) is 17.8. The second-order valence-corrected chi connectivity index (χ2v) is 5.93. The Morgan fingerprint density at radius 2 is 2.24 bits per heavy atom. The molecule has 1 unspecified atom stereocenters. The maximum absolute atomic E-state index is 4.69. The van der Waals surface area contributed by atoms with Gasteiger partial charge in [0.25, 0.3) is 0 Å². The molecule has 0 aliphatic heterocycles. The smallest absolute Gasteiger partial charge is 0.178 e. The fraction of sp³-hybridized carbons (Fsp3) is 0.500. The van der Waals surface area contributed by atoms with Crippen LogP contribution in [0, 0.1) is 5.92 Å². The number of aryl methyl sites for hydroxylation is 1. The molecule has 5 heteroatoms. The molecule has 2 heterocycles. The summed E-state index contributed by atoms with van der Waals surface area (Å²) in [6, 6.07) is 2.39. The minimum absolute atomic E-state index is 0.544. The lowest BCUT2D eigenvalue weighted by atomic mass is 9.87. The van der Waals surface area contributed by atoms with E-state index in [4.69, 9.17) is 4.98 Å². The van der Waals surface area contributed by atoms with Gasteiger partial charge in [0, 0.05) is 24.1 Å². The van der Waals surface area contributed by atoms with E-state index >= 15 is 0 Å². The number of fused-ring (bicyclic) bond motifs is 1. The average Bonchev–Trinajstić information content (AvgIpc) is 2.53. The van der Waals surface area contributed by atoms with Crippen LogP contribution in [0.2, 0.25) is 0 Å². The first-order chi connectivity index (χ1) is 10.2. The third-order valence-corrected chi connectivity index (χ3v) is 3.88. The summed E-state index contributed by atoms with van der Waals surface area (Å²) in [7, 11) is 0. The zero-order chi connectivity index (χ0) is 14.7. The van der Waals surface area contributed by atoms with Crippen LogP contribution in [0.3, 0.4) is 0 Å². The Bertz CT molecular complexity index is 597. The number of nitrogens with zero attached hydrogens (tertiary/aromatic N) is 4. The van der Waals surface area contributed by atoms with E-state index in [1.807, 2.05) is 12.3 Å². The van der Waals surface area contributed by atoms with Crippen LogP contribution < -0.4 is 5.32 Å². The highest BCUT2D eigenvalue weighted by atomic mass is 14.9. The van der Waals surface area contributed by atoms with Gasteiger partial charge in [0.05, 0.1) is 0 Å². The first-order valence-electron chi connectivity index (χ1n) is 7.57. The van der Waals surface area contributed by atoms with E-state index < -0.39 is 0 Å². The molecule has 1 aliphatic carbocycles. The summed E-state index contributed by atoms with van der Waals surface area (Å²) in [5, 5.41) is 3.53. The van der Waals surface area contributed by atoms with Gasteiger partial charge in [-0.3, -0.25) is 0 Å². The maximum atomic E-state index is 4.69. The van der Waals surface area contributed by atoms with E-state index in [2.05, 4.69) is 34.1 Å². The van der Waals surface area contributed by atoms with Gasteiger partial charge >= 0.3 is 0 Å². The van der Waals surface area contributed by atoms with Gasteiger partial charge in [-0.2, -0.15) is 0 Å². The molecular formula is C16H21N5. The Labute approximate surface area is 125 Å². The van der Waals surface area contributed by atoms with E-state index in [0.717, 1.165) is 25.1 Å². The lowest BCUT2D eigenvalue weighted by molar-refractivity contribution is 0.402. The monoisotopic (exact) mass is 283 g/mol. The van der Waals surface area contributed by atoms with Crippen molar-refractivity contribution >= 4 is 0 Å². The number of nitrogens with one attached hydrogen (secondary N) is 1. The minimum atomic E-state index is 0.544. The van der Waals surface area contributed by atoms with Crippen molar-refractivity contribution in [2.24, 2.45) is 5.92 Å². The summed E-state index contributed by atoms with van der Waals surface area (Å²) in [6.45, 7) is 5.45. The van der Waals surface area contributed by atoms with Gasteiger partial charge in [-0.1, -0.05) is 13.8 Å². The highest BCUT2D eigenvalue weighted by Crippen LogP contribution is 2.25. The zero-order valence-corrected chi connectivity index (χ0v) is 12.6. The van der Waals surface area contributed by atoms with E-state index in [9.17, 15) is 0 Å². The molecule has 0 radical (unpaired) electrons. The molecule has 21 heavy (non-hydrogen) atoms. The predicted octanol–water partition coefficient (Wildman–Crippen LogP) is 2.04. The van der Waals surface area contributed by atoms with E-state index in [-0.39, 0.29) is 0 Å². The number of hydrogen-bond acceptors (Lipinski definition) is 5. The Hall–Kier alpha value is -1.88. The van der Waals surface area contributed by atoms with Gasteiger partial charge < -0.3 is 5.32 Å². The van der Waals surface area contributed by atoms with Crippen molar-refractivity contribution in [1.29, 1.82) is 0 Å². The summed E-state index contributed by atoms with van der Waals surface area (Å²) in [6.07, 6.45) is 8.51. The second-order valence-electron chi connectivity index (χ2n) is 5.93. The molecule has 0 bridgehead atoms. The van der Waals surface area contributed by atoms with Crippen LogP contribution in [0.25, 0.3) is 11.5 Å². The Morgan fingerprint density at radius 1 is 1.33 bits per heavy atom. The molecule has 110 valence electrons. The first kappa shape index (κ1) is 14.1. The third-order valence-electron chi connectivity index (χ3n) is 3.88. The fourth-order valence-corrected chi connectivity index (χ4v) is 2.71. The molecule has 0 saturated heterocycles. The van der Waals surface area contributed by atoms with E-state index in [1.165, 1.54) is 24.0 Å². The minimum Gasteiger partial charge on any atom is -0.314 e. The first-order valence-corrected chi connectivity index (χ1v) is 7.57. The van der Waals surface area contributed by atoms with E-state index in [0.29, 0.717) is 17.8 Å². The standard InChI is InChI=1S/C16H21N5/c1-11(2)18-8-12-3-4-14-13(7-12)9-19-16(21-14)15-5-6-17-10-20-15/h5-6,9-12,18H,3-4,7-8H2,1-2H3. The van der Waals surface area contributed by atoms with Gasteiger partial charge in [-0.25, -0.2) is 19.9 Å². The van der Waals surface area contributed by atoms with Gasteiger partial charge in [0.15, 0.2) is 5.82 Å². The highest BCUT2D eigenvalue weighted by molar-refractivity contribution is 5.48. The molecule has 5 nitrogen and oxygen atoms in total. The van der Waals surface area contributed by atoms with Crippen molar-refractivity contribution in [2.75, 3.05) is 6.54 Å². The molecule has 2 aromatic rings. The van der Waals surface area contributed by atoms with Crippen molar-refractivity contribution in [3.05, 3.63) is 36.0 Å². The van der Waals surface area contributed by atoms with Crippen LogP contribution in [0.15, 0.2) is 24.8 Å². The summed E-state index contributed by atoms with van der Waals surface area (Å²) in [4.78, 5) is 17.3. The maximum Gasteiger partial charge on any atom is 0.178 e. The number of aromatic nitrogens is 4. The van der Waals surface area contributed by atoms with Gasteiger partial charge in [0.1, 0.15) is 12.0 Å². The summed E-state index contributed by atoms with van der Waals surface area (Å²) >= 11 is 0. The van der Waals surface area contributed by atoms with Crippen molar-refractivity contribution in [1.82, 2.24) is 25.3 Å². The molecule has 0 amide bonds. The fourth-order valence-electron chi connectivity index (χ4n) is 2.71. The molecule has 0 aromatic carbocycles. The average molecular weight is 283 g/mol. The molecule has 0 saturated carbocycles. The Balaban J connectivity index is 1.74. The Kier molecular flexibility index (Phi) is 4.20. The van der Waals surface area contributed by atoms with Crippen LogP contribution in [0.5, 0.6) is 0 Å². The molecule has 0 fully saturated rings. The number of hydrogen-bond donors (Lipinski definition) is 1. The molecule has 1 atom stereocenters. The largest absolute Gasteiger partial charge is 0.314 e. The molecule has 2 aromatic heterocycles. The summed E-state index contributed by atoms with van der Waals surface area (Å²) < 4.78 is 0. The Morgan fingerprint density at radius 3 is 3.00 bits per heavy atom. The van der Waals surface area contributed by atoms with Crippen LogP contribution in [-0.4, -0.2) is 32.5 Å². The predicted molar refractivity (Wildman–Crippen MR) is 81.7 cm³/mol. The van der Waals surface area contributed by atoms with Gasteiger partial charge in [-0.15, -0.1) is 0 Å². The summed E-state index contributed by atoms with van der Waals surface area (Å²) in [5.74, 6) is 1.39. The van der Waals surface area contributed by atoms with Gasteiger partial charge in [0.2, 0.25) is 0 Å². The van der Waals surface area contributed by atoms with Crippen molar-refractivity contribution in [3.63, 3.8) is 0 Å². The zero-order valence-electron chi connectivity index (χ0n) is 12.6. The van der Waals surface area contributed by atoms with Crippen LogP contribution in [-0.2, 0) is 12.8 Å². The molecule has 1 N–H and O–H groups in total. The topological polar surface area (TPSA) is 63.6 Å². The lowest BCUT2D eigenvalue weighted by Gasteiger charge is -2.25.